The Kier molecular flexibility index (Phi) is 5.36. The fourth-order valence-corrected chi connectivity index (χ4v) is 4.60. The summed E-state index contributed by atoms with van der Waals surface area (Å²) in [5.74, 6) is 0.318. The first-order valence-corrected chi connectivity index (χ1v) is 11.4. The molecule has 2 aliphatic rings. The van der Waals surface area contributed by atoms with Crippen LogP contribution in [-0.2, 0) is 0 Å². The minimum atomic E-state index is 0.128. The molecule has 0 saturated heterocycles. The van der Waals surface area contributed by atoms with Gasteiger partial charge in [-0.1, -0.05) is 6.07 Å². The molecule has 3 N–H and O–H groups in total. The molecule has 2 aliphatic carbocycles. The number of carbonyl (C=O) groups excluding carboxylic acids is 1. The zero-order valence-electron chi connectivity index (χ0n) is 18.3. The van der Waals surface area contributed by atoms with E-state index in [0.717, 1.165) is 71.8 Å². The van der Waals surface area contributed by atoms with Crippen molar-refractivity contribution in [2.45, 2.75) is 57.5 Å². The number of pyridine rings is 2. The van der Waals surface area contributed by atoms with E-state index in [1.165, 1.54) is 0 Å². The summed E-state index contributed by atoms with van der Waals surface area (Å²) in [4.78, 5) is 22.0. The van der Waals surface area contributed by atoms with Crippen LogP contribution in [0.4, 0.5) is 5.69 Å². The summed E-state index contributed by atoms with van der Waals surface area (Å²) in [6.07, 6.45) is 9.39. The van der Waals surface area contributed by atoms with Crippen LogP contribution in [0.1, 0.15) is 60.1 Å². The highest BCUT2D eigenvalue weighted by molar-refractivity contribution is 6.10. The van der Waals surface area contributed by atoms with Crippen LogP contribution < -0.4 is 11.1 Å². The van der Waals surface area contributed by atoms with Crippen molar-refractivity contribution < 1.29 is 4.79 Å². The fourth-order valence-electron chi connectivity index (χ4n) is 4.60. The van der Waals surface area contributed by atoms with Crippen molar-refractivity contribution in [1.82, 2.24) is 9.97 Å². The maximum absolute atomic E-state index is 13.1. The van der Waals surface area contributed by atoms with Crippen molar-refractivity contribution in [3.63, 3.8) is 0 Å². The number of fused-ring (bicyclic) bond motifs is 1. The van der Waals surface area contributed by atoms with Crippen LogP contribution in [0, 0.1) is 24.2 Å². The van der Waals surface area contributed by atoms with Crippen LogP contribution in [-0.4, -0.2) is 27.8 Å². The largest absolute Gasteiger partial charge is 0.381 e. The first kappa shape index (κ1) is 20.6. The van der Waals surface area contributed by atoms with Crippen LogP contribution in [0.25, 0.3) is 22.0 Å². The van der Waals surface area contributed by atoms with E-state index in [-0.39, 0.29) is 17.7 Å². The third-order valence-corrected chi connectivity index (χ3v) is 6.72. The van der Waals surface area contributed by atoms with Gasteiger partial charge < -0.3 is 11.1 Å². The Morgan fingerprint density at radius 2 is 1.84 bits per heavy atom. The minimum absolute atomic E-state index is 0.128. The van der Waals surface area contributed by atoms with E-state index in [0.29, 0.717) is 17.3 Å². The molecule has 6 heteroatoms. The predicted molar refractivity (Wildman–Crippen MR) is 125 cm³/mol. The number of Topliss-reactive ketones (excluding diaryl/α,β-unsaturated/α-hetero) is 1. The normalized spacial score (nSPS) is 20.7. The molecule has 32 heavy (non-hydrogen) atoms. The van der Waals surface area contributed by atoms with Gasteiger partial charge in [-0.3, -0.25) is 9.78 Å². The Balaban J connectivity index is 1.60. The summed E-state index contributed by atoms with van der Waals surface area (Å²) in [7, 11) is 0. The lowest BCUT2D eigenvalue weighted by Gasteiger charge is -2.29. The Morgan fingerprint density at radius 3 is 2.53 bits per heavy atom. The summed E-state index contributed by atoms with van der Waals surface area (Å²) >= 11 is 0. The summed E-state index contributed by atoms with van der Waals surface area (Å²) in [6.45, 7) is 1.89. The third kappa shape index (κ3) is 3.96. The van der Waals surface area contributed by atoms with Gasteiger partial charge in [-0.2, -0.15) is 5.26 Å². The summed E-state index contributed by atoms with van der Waals surface area (Å²) in [5, 5.41) is 13.9. The number of nitriles is 1. The zero-order valence-corrected chi connectivity index (χ0v) is 18.3. The molecule has 0 radical (unpaired) electrons. The molecule has 6 nitrogen and oxygen atoms in total. The molecule has 162 valence electrons. The lowest BCUT2D eigenvalue weighted by molar-refractivity contribution is 0.0968. The lowest BCUT2D eigenvalue weighted by Crippen LogP contribution is -2.33. The van der Waals surface area contributed by atoms with Crippen LogP contribution in [0.15, 0.2) is 36.7 Å². The molecule has 2 saturated carbocycles. The van der Waals surface area contributed by atoms with E-state index in [1.54, 1.807) is 12.4 Å². The van der Waals surface area contributed by atoms with E-state index in [4.69, 9.17) is 5.73 Å². The lowest BCUT2D eigenvalue weighted by atomic mass is 9.91. The van der Waals surface area contributed by atoms with Gasteiger partial charge in [-0.25, -0.2) is 4.98 Å². The number of nitrogens with zero attached hydrogens (tertiary/aromatic N) is 3. The van der Waals surface area contributed by atoms with Crippen LogP contribution in [0.2, 0.25) is 0 Å². The van der Waals surface area contributed by atoms with Crippen molar-refractivity contribution in [3.05, 3.63) is 53.5 Å². The highest BCUT2D eigenvalue weighted by Crippen LogP contribution is 2.38. The van der Waals surface area contributed by atoms with Crippen molar-refractivity contribution >= 4 is 22.4 Å². The first-order valence-electron chi connectivity index (χ1n) is 11.4. The number of anilines is 1. The molecule has 0 bridgehead atoms. The average molecular weight is 426 g/mol. The second-order valence-electron chi connectivity index (χ2n) is 9.17. The Bertz CT molecular complexity index is 1230. The number of nitrogens with two attached hydrogens (primary N) is 1. The molecular formula is C26H27N5O. The van der Waals surface area contributed by atoms with Gasteiger partial charge >= 0.3 is 0 Å². The maximum atomic E-state index is 13.1. The number of ketones is 1. The summed E-state index contributed by atoms with van der Waals surface area (Å²) < 4.78 is 0. The number of hydrogen-bond acceptors (Lipinski definition) is 6. The van der Waals surface area contributed by atoms with Crippen LogP contribution >= 0.6 is 0 Å². The molecule has 2 aromatic heterocycles. The minimum Gasteiger partial charge on any atom is -0.381 e. The molecule has 0 atom stereocenters. The molecule has 0 spiro atoms. The Labute approximate surface area is 187 Å². The van der Waals surface area contributed by atoms with Gasteiger partial charge in [0.15, 0.2) is 5.78 Å². The average Bonchev–Trinajstić information content (AvgIpc) is 3.65. The number of aryl methyl sites for hydroxylation is 1. The number of benzene rings is 1. The van der Waals surface area contributed by atoms with Crippen LogP contribution in [0.3, 0.4) is 0 Å². The predicted octanol–water partition coefficient (Wildman–Crippen LogP) is 4.75. The molecule has 5 rings (SSSR count). The van der Waals surface area contributed by atoms with Gasteiger partial charge in [0.1, 0.15) is 11.8 Å². The van der Waals surface area contributed by atoms with Gasteiger partial charge in [0.05, 0.1) is 16.8 Å². The van der Waals surface area contributed by atoms with Gasteiger partial charge in [-0.05, 0) is 74.8 Å². The third-order valence-electron chi connectivity index (χ3n) is 6.72. The number of aromatic nitrogens is 2. The highest BCUT2D eigenvalue weighted by atomic mass is 16.1. The number of nitrogens with one attached hydrogen (secondary N) is 1. The molecule has 3 aromatic rings. The van der Waals surface area contributed by atoms with E-state index in [1.807, 2.05) is 25.1 Å². The fraction of sp³-hybridized carbons (Fsp3) is 0.385. The van der Waals surface area contributed by atoms with Gasteiger partial charge in [0, 0.05) is 41.3 Å². The van der Waals surface area contributed by atoms with E-state index < -0.39 is 0 Å². The second-order valence-corrected chi connectivity index (χ2v) is 9.17. The smallest absolute Gasteiger partial charge is 0.169 e. The van der Waals surface area contributed by atoms with E-state index in [9.17, 15) is 10.1 Å². The first-order chi connectivity index (χ1) is 15.5. The molecule has 2 heterocycles. The van der Waals surface area contributed by atoms with Crippen molar-refractivity contribution in [2.75, 3.05) is 5.32 Å². The Hall–Kier alpha value is -3.30. The maximum Gasteiger partial charge on any atom is 0.169 e. The monoisotopic (exact) mass is 425 g/mol. The van der Waals surface area contributed by atoms with Gasteiger partial charge in [0.2, 0.25) is 0 Å². The summed E-state index contributed by atoms with van der Waals surface area (Å²) in [6, 6.07) is 10.8. The number of rotatable bonds is 5. The van der Waals surface area contributed by atoms with E-state index >= 15 is 0 Å². The molecule has 0 unspecified atom stereocenters. The van der Waals surface area contributed by atoms with Crippen LogP contribution in [0.5, 0.6) is 0 Å². The standard InChI is InChI=1S/C26H27N5O/c1-15-10-18(13-29-24(15)12-27)17-4-9-23-21(11-17)25(31-20-7-5-19(28)6-8-20)22(14-30-23)26(32)16-2-3-16/h4,9-11,13-14,16,19-20H,2-3,5-8,28H2,1H3,(H,30,31)/t19-,20-. The SMILES string of the molecule is Cc1cc(-c2ccc3ncc(C(=O)C4CC4)c(N[C@H]4CC[C@H](N)CC4)c3c2)cnc1C#N. The molecule has 0 amide bonds. The van der Waals surface area contributed by atoms with Crippen molar-refractivity contribution in [1.29, 1.82) is 5.26 Å². The van der Waals surface area contributed by atoms with Gasteiger partial charge in [0.25, 0.3) is 0 Å². The Morgan fingerprint density at radius 1 is 1.06 bits per heavy atom. The molecule has 1 aromatic carbocycles. The van der Waals surface area contributed by atoms with Crippen molar-refractivity contribution in [3.8, 4) is 17.2 Å². The quantitative estimate of drug-likeness (QED) is 0.572. The molecule has 0 aliphatic heterocycles. The number of carbonyl (C=O) groups is 1. The molecule has 2 fully saturated rings. The summed E-state index contributed by atoms with van der Waals surface area (Å²) in [5.41, 5.74) is 11.8. The second kappa shape index (κ2) is 8.33. The van der Waals surface area contributed by atoms with E-state index in [2.05, 4.69) is 27.4 Å². The highest BCUT2D eigenvalue weighted by Gasteiger charge is 2.33. The zero-order chi connectivity index (χ0) is 22.2. The topological polar surface area (TPSA) is 105 Å². The molecular weight excluding hydrogens is 398 g/mol. The number of hydrogen-bond donors (Lipinski definition) is 2. The van der Waals surface area contributed by atoms with Gasteiger partial charge in [-0.15, -0.1) is 0 Å². The van der Waals surface area contributed by atoms with Crippen molar-refractivity contribution in [2.24, 2.45) is 11.7 Å².